The molecule has 2 heterocycles. The van der Waals surface area contributed by atoms with Crippen LogP contribution in [0.5, 0.6) is 0 Å². The minimum Gasteiger partial charge on any atom is -0.391 e. The molecule has 23 heavy (non-hydrogen) atoms. The van der Waals surface area contributed by atoms with Crippen molar-refractivity contribution in [3.63, 3.8) is 0 Å². The molecule has 0 bridgehead atoms. The van der Waals surface area contributed by atoms with Gasteiger partial charge in [0.25, 0.3) is 0 Å². The molecular weight excluding hydrogens is 316 g/mol. The summed E-state index contributed by atoms with van der Waals surface area (Å²) in [6, 6.07) is 4.01. The van der Waals surface area contributed by atoms with E-state index in [0.717, 1.165) is 11.3 Å². The monoisotopic (exact) mass is 340 g/mol. The molecule has 1 aromatic heterocycles. The predicted octanol–water partition coefficient (Wildman–Crippen LogP) is -0.111. The topological polar surface area (TPSA) is 89.6 Å². The number of β-amino-alcohol motifs (C(OH)–C–C–N with tert-alkyl or cyclic N) is 1. The number of likely N-dealkylation sites (tertiary alicyclic amines) is 1. The second-order valence-electron chi connectivity index (χ2n) is 6.39. The van der Waals surface area contributed by atoms with Crippen LogP contribution in [0.1, 0.15) is 17.0 Å². The van der Waals surface area contributed by atoms with Crippen molar-refractivity contribution in [2.45, 2.75) is 19.6 Å². The van der Waals surface area contributed by atoms with Crippen LogP contribution in [0.4, 0.5) is 0 Å². The first-order valence-corrected chi connectivity index (χ1v) is 9.12. The molecule has 0 amide bonds. The average Bonchev–Trinajstić information content (AvgIpc) is 2.93. The number of aromatic nitrogens is 1. The normalized spacial score (nSPS) is 22.7. The van der Waals surface area contributed by atoms with Crippen molar-refractivity contribution in [3.8, 4) is 6.07 Å². The van der Waals surface area contributed by atoms with E-state index in [1.807, 2.05) is 29.5 Å². The van der Waals surface area contributed by atoms with Gasteiger partial charge in [0.05, 0.1) is 11.9 Å². The molecular formula is C15H24N4O3S. The van der Waals surface area contributed by atoms with Gasteiger partial charge in [-0.3, -0.25) is 4.90 Å². The van der Waals surface area contributed by atoms with Gasteiger partial charge in [-0.2, -0.15) is 5.26 Å². The van der Waals surface area contributed by atoms with Gasteiger partial charge in [0.1, 0.15) is 11.8 Å². The predicted molar refractivity (Wildman–Crippen MR) is 87.1 cm³/mol. The Bertz CT molecular complexity index is 718. The summed E-state index contributed by atoms with van der Waals surface area (Å²) in [6.45, 7) is 3.54. The SMILES string of the molecule is Cc1c(CN2C[C@@H](CS(=O)(=O)N(C)C)[C@H](O)C2)cc(C#N)n1C. The highest BCUT2D eigenvalue weighted by Crippen LogP contribution is 2.23. The lowest BCUT2D eigenvalue weighted by Crippen LogP contribution is -2.33. The molecule has 0 aromatic carbocycles. The van der Waals surface area contributed by atoms with Gasteiger partial charge in [-0.05, 0) is 18.6 Å². The molecule has 0 spiro atoms. The van der Waals surface area contributed by atoms with E-state index in [1.165, 1.54) is 18.4 Å². The van der Waals surface area contributed by atoms with E-state index in [2.05, 4.69) is 6.07 Å². The molecule has 0 saturated carbocycles. The van der Waals surface area contributed by atoms with Crippen molar-refractivity contribution in [1.82, 2.24) is 13.8 Å². The van der Waals surface area contributed by atoms with Gasteiger partial charge in [0.2, 0.25) is 10.0 Å². The van der Waals surface area contributed by atoms with Crippen molar-refractivity contribution in [3.05, 3.63) is 23.0 Å². The zero-order valence-corrected chi connectivity index (χ0v) is 14.8. The summed E-state index contributed by atoms with van der Waals surface area (Å²) in [5.41, 5.74) is 2.65. The lowest BCUT2D eigenvalue weighted by Gasteiger charge is -2.18. The second kappa shape index (κ2) is 6.61. The van der Waals surface area contributed by atoms with Crippen molar-refractivity contribution >= 4 is 10.0 Å². The summed E-state index contributed by atoms with van der Waals surface area (Å²) in [5.74, 6) is -0.337. The lowest BCUT2D eigenvalue weighted by atomic mass is 10.1. The highest BCUT2D eigenvalue weighted by Gasteiger charge is 2.35. The molecule has 8 heteroatoms. The number of hydrogen-bond donors (Lipinski definition) is 1. The van der Waals surface area contributed by atoms with Crippen LogP contribution in [0.3, 0.4) is 0 Å². The number of hydrogen-bond acceptors (Lipinski definition) is 5. The molecule has 1 aliphatic rings. The highest BCUT2D eigenvalue weighted by atomic mass is 32.2. The van der Waals surface area contributed by atoms with Crippen LogP contribution in [0.25, 0.3) is 0 Å². The van der Waals surface area contributed by atoms with Crippen LogP contribution in [0.15, 0.2) is 6.07 Å². The van der Waals surface area contributed by atoms with Crippen LogP contribution in [-0.2, 0) is 23.6 Å². The number of sulfonamides is 1. The van der Waals surface area contributed by atoms with Gasteiger partial charge < -0.3 is 9.67 Å². The quantitative estimate of drug-likeness (QED) is 0.808. The van der Waals surface area contributed by atoms with Gasteiger partial charge in [-0.25, -0.2) is 12.7 Å². The first-order chi connectivity index (χ1) is 10.7. The van der Waals surface area contributed by atoms with Gasteiger partial charge in [0.15, 0.2) is 0 Å². The molecule has 1 saturated heterocycles. The number of nitrogens with zero attached hydrogens (tertiary/aromatic N) is 4. The molecule has 1 fully saturated rings. The summed E-state index contributed by atoms with van der Waals surface area (Å²) in [7, 11) is 1.53. The fourth-order valence-electron chi connectivity index (χ4n) is 2.92. The van der Waals surface area contributed by atoms with E-state index < -0.39 is 16.1 Å². The Labute approximate surface area is 137 Å². The molecule has 0 radical (unpaired) electrons. The summed E-state index contributed by atoms with van der Waals surface area (Å²) in [6.07, 6.45) is -0.649. The third kappa shape index (κ3) is 3.75. The van der Waals surface area contributed by atoms with Gasteiger partial charge in [0, 0.05) is 52.4 Å². The van der Waals surface area contributed by atoms with E-state index in [1.54, 1.807) is 0 Å². The molecule has 2 rings (SSSR count). The zero-order valence-electron chi connectivity index (χ0n) is 14.0. The molecule has 0 unspecified atom stereocenters. The fraction of sp³-hybridized carbons (Fsp3) is 0.667. The largest absolute Gasteiger partial charge is 0.391 e. The Morgan fingerprint density at radius 2 is 2.09 bits per heavy atom. The number of rotatable bonds is 5. The first kappa shape index (κ1) is 17.9. The lowest BCUT2D eigenvalue weighted by molar-refractivity contribution is 0.148. The number of nitriles is 1. The summed E-state index contributed by atoms with van der Waals surface area (Å²) < 4.78 is 27.0. The van der Waals surface area contributed by atoms with E-state index in [-0.39, 0.29) is 11.7 Å². The fourth-order valence-corrected chi connectivity index (χ4v) is 4.09. The van der Waals surface area contributed by atoms with Gasteiger partial charge in [-0.1, -0.05) is 0 Å². The van der Waals surface area contributed by atoms with Crippen molar-refractivity contribution in [2.75, 3.05) is 32.9 Å². The summed E-state index contributed by atoms with van der Waals surface area (Å²) in [4.78, 5) is 2.05. The van der Waals surface area contributed by atoms with Crippen LogP contribution in [0.2, 0.25) is 0 Å². The Kier molecular flexibility index (Phi) is 5.16. The molecule has 0 aliphatic carbocycles. The minimum absolute atomic E-state index is 0.0467. The smallest absolute Gasteiger partial charge is 0.214 e. The van der Waals surface area contributed by atoms with Crippen LogP contribution >= 0.6 is 0 Å². The molecule has 1 aliphatic heterocycles. The van der Waals surface area contributed by atoms with E-state index in [0.29, 0.717) is 25.3 Å². The van der Waals surface area contributed by atoms with Crippen LogP contribution in [0, 0.1) is 24.2 Å². The van der Waals surface area contributed by atoms with Crippen molar-refractivity contribution in [2.24, 2.45) is 13.0 Å². The van der Waals surface area contributed by atoms with E-state index in [9.17, 15) is 13.5 Å². The molecule has 1 aromatic rings. The van der Waals surface area contributed by atoms with Crippen LogP contribution in [-0.4, -0.2) is 66.3 Å². The van der Waals surface area contributed by atoms with Crippen LogP contribution < -0.4 is 0 Å². The molecule has 2 atom stereocenters. The molecule has 1 N–H and O–H groups in total. The minimum atomic E-state index is -3.33. The summed E-state index contributed by atoms with van der Waals surface area (Å²) in [5, 5.41) is 19.3. The zero-order chi connectivity index (χ0) is 17.4. The van der Waals surface area contributed by atoms with Crippen molar-refractivity contribution in [1.29, 1.82) is 5.26 Å². The highest BCUT2D eigenvalue weighted by molar-refractivity contribution is 7.89. The number of aliphatic hydroxyl groups is 1. The second-order valence-corrected chi connectivity index (χ2v) is 8.62. The third-order valence-electron chi connectivity index (χ3n) is 4.61. The Balaban J connectivity index is 2.06. The molecule has 7 nitrogen and oxygen atoms in total. The Morgan fingerprint density at radius 3 is 2.61 bits per heavy atom. The molecule has 128 valence electrons. The maximum Gasteiger partial charge on any atom is 0.214 e. The van der Waals surface area contributed by atoms with E-state index in [4.69, 9.17) is 5.26 Å². The Hall–Kier alpha value is -1.40. The average molecular weight is 340 g/mol. The van der Waals surface area contributed by atoms with E-state index >= 15 is 0 Å². The third-order valence-corrected chi connectivity index (χ3v) is 6.57. The van der Waals surface area contributed by atoms with Crippen molar-refractivity contribution < 1.29 is 13.5 Å². The number of aliphatic hydroxyl groups excluding tert-OH is 1. The summed E-state index contributed by atoms with van der Waals surface area (Å²) >= 11 is 0. The van der Waals surface area contributed by atoms with Gasteiger partial charge >= 0.3 is 0 Å². The maximum atomic E-state index is 12.0. The first-order valence-electron chi connectivity index (χ1n) is 7.51. The standard InChI is InChI=1S/C15H24N4O3S/c1-11-12(5-14(6-16)18(11)4)7-19-8-13(15(20)9-19)10-23(21,22)17(2)3/h5,13,15,20H,7-10H2,1-4H3/t13-,15+/m0/s1. The Morgan fingerprint density at radius 1 is 1.43 bits per heavy atom. The maximum absolute atomic E-state index is 12.0. The van der Waals surface area contributed by atoms with Gasteiger partial charge in [-0.15, -0.1) is 0 Å².